The zero-order chi connectivity index (χ0) is 41.8. The average Bonchev–Trinajstić information content (AvgIpc) is 3.80. The molecule has 0 aliphatic carbocycles. The number of hydrogen-bond donors (Lipinski definition) is 0. The Balaban J connectivity index is 1.32. The van der Waals surface area contributed by atoms with Crippen molar-refractivity contribution in [3.05, 3.63) is 104 Å². The van der Waals surface area contributed by atoms with Gasteiger partial charge in [-0.3, -0.25) is 0 Å². The number of fused-ring (bicyclic) bond motifs is 2. The molecule has 0 bridgehead atoms. The molecule has 7 aromatic rings. The highest BCUT2D eigenvalue weighted by atomic mass is 32.1. The van der Waals surface area contributed by atoms with Crippen molar-refractivity contribution in [1.82, 2.24) is 0 Å². The average molecular weight is 849 g/mol. The van der Waals surface area contributed by atoms with Crippen LogP contribution in [0.2, 0.25) is 0 Å². The molecule has 0 N–H and O–H groups in total. The summed E-state index contributed by atoms with van der Waals surface area (Å²) in [5.41, 5.74) is 12.7. The van der Waals surface area contributed by atoms with Crippen molar-refractivity contribution < 1.29 is 28.4 Å². The monoisotopic (exact) mass is 848 g/mol. The van der Waals surface area contributed by atoms with Gasteiger partial charge in [-0.05, 0) is 134 Å². The van der Waals surface area contributed by atoms with Crippen LogP contribution in [-0.2, 0) is 18.9 Å². The second kappa shape index (κ2) is 19.1. The van der Waals surface area contributed by atoms with E-state index >= 15 is 0 Å². The summed E-state index contributed by atoms with van der Waals surface area (Å²) in [5, 5.41) is 4.48. The molecule has 0 aliphatic rings. The molecular weight excluding hydrogens is 793 g/mol. The fourth-order valence-electron chi connectivity index (χ4n) is 7.62. The van der Waals surface area contributed by atoms with Crippen LogP contribution in [0.4, 0.5) is 0 Å². The van der Waals surface area contributed by atoms with Crippen LogP contribution >= 0.6 is 34.0 Å². The number of aryl methyl sites for hydroxylation is 2. The van der Waals surface area contributed by atoms with Crippen LogP contribution in [-0.4, -0.2) is 67.1 Å². The van der Waals surface area contributed by atoms with Gasteiger partial charge < -0.3 is 28.4 Å². The molecule has 3 heterocycles. The van der Waals surface area contributed by atoms with Crippen LogP contribution in [0.1, 0.15) is 43.8 Å². The first-order valence-corrected chi connectivity index (χ1v) is 22.8. The summed E-state index contributed by atoms with van der Waals surface area (Å²) < 4.78 is 35.1. The molecule has 7 rings (SSSR count). The summed E-state index contributed by atoms with van der Waals surface area (Å²) in [6, 6.07) is 22.0. The molecule has 0 aliphatic heterocycles. The molecule has 310 valence electrons. The quantitative estimate of drug-likeness (QED) is 0.0802. The molecule has 0 saturated carbocycles. The summed E-state index contributed by atoms with van der Waals surface area (Å²) in [4.78, 5) is 8.29. The second-order valence-electron chi connectivity index (χ2n) is 15.2. The Bertz CT molecular complexity index is 2590. The van der Waals surface area contributed by atoms with E-state index in [9.17, 15) is 0 Å². The zero-order valence-electron chi connectivity index (χ0n) is 36.1. The van der Waals surface area contributed by atoms with Crippen LogP contribution in [0.25, 0.3) is 62.6 Å². The van der Waals surface area contributed by atoms with Crippen molar-refractivity contribution in [1.29, 1.82) is 0 Å². The van der Waals surface area contributed by atoms with Gasteiger partial charge in [0.15, 0.2) is 0 Å². The Labute approximate surface area is 361 Å². The Morgan fingerprint density at radius 2 is 0.847 bits per heavy atom. The summed E-state index contributed by atoms with van der Waals surface area (Å²) in [6.07, 6.45) is 0. The lowest BCUT2D eigenvalue weighted by Crippen LogP contribution is -2.11. The Kier molecular flexibility index (Phi) is 13.9. The van der Waals surface area contributed by atoms with Crippen LogP contribution in [0, 0.1) is 55.4 Å². The van der Waals surface area contributed by atoms with E-state index in [2.05, 4.69) is 116 Å². The molecular formula is C50H56O6S3. The molecule has 3 aromatic heterocycles. The van der Waals surface area contributed by atoms with Crippen LogP contribution < -0.4 is 9.47 Å². The molecule has 4 aromatic carbocycles. The third-order valence-corrected chi connectivity index (χ3v) is 15.9. The first-order valence-electron chi connectivity index (χ1n) is 20.3. The summed E-state index contributed by atoms with van der Waals surface area (Å²) in [6.45, 7) is 21.9. The molecule has 9 heteroatoms. The Morgan fingerprint density at radius 1 is 0.407 bits per heavy atom. The van der Waals surface area contributed by atoms with E-state index in [1.807, 2.05) is 34.0 Å². The lowest BCUT2D eigenvalue weighted by Gasteiger charge is -2.20. The molecule has 59 heavy (non-hydrogen) atoms. The zero-order valence-corrected chi connectivity index (χ0v) is 38.6. The lowest BCUT2D eigenvalue weighted by atomic mass is 9.90. The number of hydrogen-bond acceptors (Lipinski definition) is 9. The van der Waals surface area contributed by atoms with Gasteiger partial charge >= 0.3 is 0 Å². The van der Waals surface area contributed by atoms with E-state index in [1.165, 1.54) is 73.8 Å². The Morgan fingerprint density at radius 3 is 1.36 bits per heavy atom. The van der Waals surface area contributed by atoms with Crippen molar-refractivity contribution in [3.8, 4) is 52.6 Å². The second-order valence-corrected chi connectivity index (χ2v) is 18.5. The van der Waals surface area contributed by atoms with Gasteiger partial charge in [0.2, 0.25) is 0 Å². The molecule has 0 amide bonds. The highest BCUT2D eigenvalue weighted by Crippen LogP contribution is 2.52. The normalized spacial score (nSPS) is 11.7. The minimum Gasteiger partial charge on any atom is -0.491 e. The number of thiophene rings is 3. The summed E-state index contributed by atoms with van der Waals surface area (Å²) >= 11 is 5.80. The van der Waals surface area contributed by atoms with Gasteiger partial charge in [0.1, 0.15) is 24.7 Å². The standard InChI is InChI=1S/C50H56O6S3/c1-29-11-15-40-37(27-29)13-17-42(55-25-23-53-21-19-51-9)44(40)45-41-16-12-39(28-38(41)14-18-43(45)56-26-24-54-22-20-52-10)46-32(4)33(5)49(58-46)50-35(7)34(6)48(59-50)47-31(3)30(2)36(8)57-47/h11-18,27-28H,19-26H2,1-10H3. The highest BCUT2D eigenvalue weighted by molar-refractivity contribution is 7.27. The number of benzene rings is 4. The predicted molar refractivity (Wildman–Crippen MR) is 251 cm³/mol. The topological polar surface area (TPSA) is 55.4 Å². The predicted octanol–water partition coefficient (Wildman–Crippen LogP) is 13.4. The van der Waals surface area contributed by atoms with E-state index < -0.39 is 0 Å². The minimum atomic E-state index is 0.402. The Hall–Kier alpha value is -4.06. The number of methoxy groups -OCH3 is 2. The van der Waals surface area contributed by atoms with Gasteiger partial charge in [-0.1, -0.05) is 48.0 Å². The third kappa shape index (κ3) is 8.89. The fourth-order valence-corrected chi connectivity index (χ4v) is 11.9. The molecule has 0 saturated heterocycles. The van der Waals surface area contributed by atoms with E-state index in [-0.39, 0.29) is 0 Å². The molecule has 0 fully saturated rings. The molecule has 6 nitrogen and oxygen atoms in total. The van der Waals surface area contributed by atoms with Gasteiger partial charge in [-0.25, -0.2) is 0 Å². The van der Waals surface area contributed by atoms with Crippen molar-refractivity contribution >= 4 is 55.6 Å². The SMILES string of the molecule is COCCOCCOc1ccc2cc(C)ccc2c1-c1c(OCCOCCOC)ccc2cc(-c3sc(-c4sc(-c5sc(C)c(C)c5C)c(C)c4C)c(C)c3C)ccc12. The van der Waals surface area contributed by atoms with E-state index in [4.69, 9.17) is 28.4 Å². The maximum Gasteiger partial charge on any atom is 0.128 e. The van der Waals surface area contributed by atoms with Crippen molar-refractivity contribution in [3.63, 3.8) is 0 Å². The number of ether oxygens (including phenoxy) is 6. The molecule has 0 radical (unpaired) electrons. The van der Waals surface area contributed by atoms with Gasteiger partial charge in [-0.2, -0.15) is 0 Å². The number of rotatable bonds is 18. The maximum atomic E-state index is 6.59. The molecule has 0 spiro atoms. The largest absolute Gasteiger partial charge is 0.491 e. The van der Waals surface area contributed by atoms with E-state index in [0.29, 0.717) is 52.9 Å². The lowest BCUT2D eigenvalue weighted by molar-refractivity contribution is 0.0542. The first kappa shape index (κ1) is 43.0. The summed E-state index contributed by atoms with van der Waals surface area (Å²) in [7, 11) is 3.36. The molecule has 0 atom stereocenters. The van der Waals surface area contributed by atoms with Crippen molar-refractivity contribution in [2.75, 3.05) is 67.1 Å². The fraction of sp³-hybridized carbons (Fsp3) is 0.360. The van der Waals surface area contributed by atoms with Crippen LogP contribution in [0.5, 0.6) is 11.5 Å². The van der Waals surface area contributed by atoms with Crippen LogP contribution in [0.15, 0.2) is 60.7 Å². The van der Waals surface area contributed by atoms with Gasteiger partial charge in [0, 0.05) is 54.6 Å². The summed E-state index contributed by atoms with van der Waals surface area (Å²) in [5.74, 6) is 1.57. The van der Waals surface area contributed by atoms with Gasteiger partial charge in [-0.15, -0.1) is 34.0 Å². The van der Waals surface area contributed by atoms with Crippen molar-refractivity contribution in [2.24, 2.45) is 0 Å². The maximum absolute atomic E-state index is 6.59. The minimum absolute atomic E-state index is 0.402. The van der Waals surface area contributed by atoms with Crippen LogP contribution in [0.3, 0.4) is 0 Å². The highest BCUT2D eigenvalue weighted by Gasteiger charge is 2.24. The van der Waals surface area contributed by atoms with E-state index in [0.717, 1.165) is 44.2 Å². The first-order chi connectivity index (χ1) is 28.5. The van der Waals surface area contributed by atoms with E-state index in [1.54, 1.807) is 14.2 Å². The van der Waals surface area contributed by atoms with Gasteiger partial charge in [0.25, 0.3) is 0 Å². The smallest absolute Gasteiger partial charge is 0.128 e. The van der Waals surface area contributed by atoms with Crippen molar-refractivity contribution in [2.45, 2.75) is 55.4 Å². The third-order valence-electron chi connectivity index (χ3n) is 11.5. The molecule has 0 unspecified atom stereocenters. The van der Waals surface area contributed by atoms with Gasteiger partial charge in [0.05, 0.1) is 39.6 Å².